The van der Waals surface area contributed by atoms with Gasteiger partial charge < -0.3 is 15.7 Å². The van der Waals surface area contributed by atoms with E-state index in [1.54, 1.807) is 0 Å². The molecular weight excluding hydrogens is 228 g/mol. The van der Waals surface area contributed by atoms with Crippen LogP contribution in [0.15, 0.2) is 0 Å². The molecule has 18 heavy (non-hydrogen) atoms. The second-order valence-corrected chi connectivity index (χ2v) is 5.87. The van der Waals surface area contributed by atoms with Crippen LogP contribution < -0.4 is 10.6 Å². The third-order valence-electron chi connectivity index (χ3n) is 4.34. The number of carbonyl (C=O) groups is 1. The van der Waals surface area contributed by atoms with Crippen molar-refractivity contribution in [1.82, 2.24) is 10.6 Å². The van der Waals surface area contributed by atoms with Crippen LogP contribution in [0.4, 0.5) is 0 Å². The molecular formula is C14H26N2O2. The van der Waals surface area contributed by atoms with Crippen molar-refractivity contribution in [2.45, 2.75) is 51.0 Å². The molecule has 1 heterocycles. The first-order valence-corrected chi connectivity index (χ1v) is 7.39. The highest BCUT2D eigenvalue weighted by Crippen LogP contribution is 2.24. The lowest BCUT2D eigenvalue weighted by Gasteiger charge is -2.22. The predicted molar refractivity (Wildman–Crippen MR) is 71.2 cm³/mol. The number of rotatable bonds is 5. The third kappa shape index (κ3) is 4.58. The van der Waals surface area contributed by atoms with Gasteiger partial charge in [-0.05, 0) is 63.5 Å². The van der Waals surface area contributed by atoms with Gasteiger partial charge in [-0.1, -0.05) is 0 Å². The van der Waals surface area contributed by atoms with Crippen molar-refractivity contribution in [3.8, 4) is 0 Å². The molecule has 4 nitrogen and oxygen atoms in total. The lowest BCUT2D eigenvalue weighted by Crippen LogP contribution is -2.31. The van der Waals surface area contributed by atoms with Gasteiger partial charge in [-0.25, -0.2) is 0 Å². The highest BCUT2D eigenvalue weighted by Gasteiger charge is 2.23. The topological polar surface area (TPSA) is 61.4 Å². The molecule has 1 saturated heterocycles. The molecule has 1 aliphatic heterocycles. The SMILES string of the molecule is O=C(CCC1CCNCC1)NCC1CCC(O)C1. The molecule has 0 spiro atoms. The molecule has 2 fully saturated rings. The summed E-state index contributed by atoms with van der Waals surface area (Å²) < 4.78 is 0. The summed E-state index contributed by atoms with van der Waals surface area (Å²) in [4.78, 5) is 11.7. The number of aliphatic hydroxyl groups excluding tert-OH is 1. The highest BCUT2D eigenvalue weighted by atomic mass is 16.3. The van der Waals surface area contributed by atoms with Crippen LogP contribution in [0.2, 0.25) is 0 Å². The second kappa shape index (κ2) is 7.10. The molecule has 2 unspecified atom stereocenters. The van der Waals surface area contributed by atoms with Gasteiger partial charge in [0.2, 0.25) is 5.91 Å². The fourth-order valence-electron chi connectivity index (χ4n) is 3.09. The van der Waals surface area contributed by atoms with Gasteiger partial charge in [-0.3, -0.25) is 4.79 Å². The number of nitrogens with one attached hydrogen (secondary N) is 2. The van der Waals surface area contributed by atoms with Crippen molar-refractivity contribution in [2.75, 3.05) is 19.6 Å². The summed E-state index contributed by atoms with van der Waals surface area (Å²) in [5.41, 5.74) is 0. The van der Waals surface area contributed by atoms with Gasteiger partial charge in [0.15, 0.2) is 0 Å². The van der Waals surface area contributed by atoms with E-state index >= 15 is 0 Å². The summed E-state index contributed by atoms with van der Waals surface area (Å²) in [6.45, 7) is 2.96. The molecule has 0 aromatic carbocycles. The summed E-state index contributed by atoms with van der Waals surface area (Å²) >= 11 is 0. The normalized spacial score (nSPS) is 29.4. The Kier molecular flexibility index (Phi) is 5.45. The van der Waals surface area contributed by atoms with E-state index in [4.69, 9.17) is 0 Å². The molecule has 0 bridgehead atoms. The largest absolute Gasteiger partial charge is 0.393 e. The van der Waals surface area contributed by atoms with Crippen LogP contribution in [0, 0.1) is 11.8 Å². The Labute approximate surface area is 110 Å². The Morgan fingerprint density at radius 2 is 1.94 bits per heavy atom. The minimum absolute atomic E-state index is 0.137. The number of carbonyl (C=O) groups excluding carboxylic acids is 1. The van der Waals surface area contributed by atoms with Crippen LogP contribution in [0.25, 0.3) is 0 Å². The molecule has 3 N–H and O–H groups in total. The number of hydrogen-bond acceptors (Lipinski definition) is 3. The van der Waals surface area contributed by atoms with E-state index in [9.17, 15) is 9.90 Å². The van der Waals surface area contributed by atoms with Crippen molar-refractivity contribution < 1.29 is 9.90 Å². The lowest BCUT2D eigenvalue weighted by molar-refractivity contribution is -0.121. The molecule has 1 saturated carbocycles. The average Bonchev–Trinajstić information content (AvgIpc) is 2.81. The fraction of sp³-hybridized carbons (Fsp3) is 0.929. The summed E-state index contributed by atoms with van der Waals surface area (Å²) in [6.07, 6.45) is 6.78. The van der Waals surface area contributed by atoms with Gasteiger partial charge >= 0.3 is 0 Å². The van der Waals surface area contributed by atoms with Crippen molar-refractivity contribution in [1.29, 1.82) is 0 Å². The van der Waals surface area contributed by atoms with E-state index in [0.29, 0.717) is 12.3 Å². The molecule has 4 heteroatoms. The van der Waals surface area contributed by atoms with Crippen molar-refractivity contribution in [2.24, 2.45) is 11.8 Å². The Morgan fingerprint density at radius 3 is 2.61 bits per heavy atom. The quantitative estimate of drug-likeness (QED) is 0.687. The monoisotopic (exact) mass is 254 g/mol. The van der Waals surface area contributed by atoms with Crippen LogP contribution in [0.5, 0.6) is 0 Å². The van der Waals surface area contributed by atoms with E-state index in [2.05, 4.69) is 10.6 Å². The minimum Gasteiger partial charge on any atom is -0.393 e. The Morgan fingerprint density at radius 1 is 1.17 bits per heavy atom. The summed E-state index contributed by atoms with van der Waals surface area (Å²) in [5, 5.41) is 15.8. The van der Waals surface area contributed by atoms with Gasteiger partial charge in [0.25, 0.3) is 0 Å². The maximum absolute atomic E-state index is 11.7. The molecule has 2 aliphatic rings. The van der Waals surface area contributed by atoms with Crippen LogP contribution in [0.3, 0.4) is 0 Å². The average molecular weight is 254 g/mol. The van der Waals surface area contributed by atoms with Crippen LogP contribution in [-0.4, -0.2) is 36.8 Å². The van der Waals surface area contributed by atoms with Gasteiger partial charge in [0, 0.05) is 13.0 Å². The smallest absolute Gasteiger partial charge is 0.220 e. The zero-order chi connectivity index (χ0) is 12.8. The first kappa shape index (κ1) is 13.8. The standard InChI is InChI=1S/C14H26N2O2/c17-13-3-1-12(9-13)10-16-14(18)4-2-11-5-7-15-8-6-11/h11-13,15,17H,1-10H2,(H,16,18). The predicted octanol–water partition coefficient (Wildman–Crippen LogP) is 1.04. The molecule has 1 amide bonds. The van der Waals surface area contributed by atoms with Crippen LogP contribution >= 0.6 is 0 Å². The maximum Gasteiger partial charge on any atom is 0.220 e. The highest BCUT2D eigenvalue weighted by molar-refractivity contribution is 5.75. The summed E-state index contributed by atoms with van der Waals surface area (Å²) in [6, 6.07) is 0. The molecule has 0 aromatic heterocycles. The van der Waals surface area contributed by atoms with Crippen LogP contribution in [0.1, 0.15) is 44.9 Å². The van der Waals surface area contributed by atoms with E-state index in [1.165, 1.54) is 12.8 Å². The van der Waals surface area contributed by atoms with Crippen molar-refractivity contribution >= 4 is 5.91 Å². The molecule has 104 valence electrons. The lowest BCUT2D eigenvalue weighted by atomic mass is 9.93. The number of aliphatic hydroxyl groups is 1. The maximum atomic E-state index is 11.7. The van der Waals surface area contributed by atoms with E-state index in [1.807, 2.05) is 0 Å². The van der Waals surface area contributed by atoms with Crippen LogP contribution in [-0.2, 0) is 4.79 Å². The van der Waals surface area contributed by atoms with E-state index in [-0.39, 0.29) is 12.0 Å². The molecule has 0 radical (unpaired) electrons. The third-order valence-corrected chi connectivity index (χ3v) is 4.34. The molecule has 2 rings (SSSR count). The second-order valence-electron chi connectivity index (χ2n) is 5.87. The van der Waals surface area contributed by atoms with Gasteiger partial charge in [-0.15, -0.1) is 0 Å². The fourth-order valence-corrected chi connectivity index (χ4v) is 3.09. The minimum atomic E-state index is -0.137. The first-order valence-electron chi connectivity index (χ1n) is 7.39. The number of piperidine rings is 1. The Balaban J connectivity index is 1.54. The van der Waals surface area contributed by atoms with Gasteiger partial charge in [-0.2, -0.15) is 0 Å². The molecule has 1 aliphatic carbocycles. The zero-order valence-corrected chi connectivity index (χ0v) is 11.2. The summed E-state index contributed by atoms with van der Waals surface area (Å²) in [7, 11) is 0. The van der Waals surface area contributed by atoms with Crippen molar-refractivity contribution in [3.63, 3.8) is 0 Å². The number of amides is 1. The summed E-state index contributed by atoms with van der Waals surface area (Å²) in [5.74, 6) is 1.41. The van der Waals surface area contributed by atoms with E-state index < -0.39 is 0 Å². The number of hydrogen-bond donors (Lipinski definition) is 3. The molecule has 0 aromatic rings. The van der Waals surface area contributed by atoms with Crippen molar-refractivity contribution in [3.05, 3.63) is 0 Å². The Hall–Kier alpha value is -0.610. The Bertz CT molecular complexity index is 254. The van der Waals surface area contributed by atoms with E-state index in [0.717, 1.165) is 51.2 Å². The first-order chi connectivity index (χ1) is 8.74. The zero-order valence-electron chi connectivity index (χ0n) is 11.2. The molecule has 2 atom stereocenters. The van der Waals surface area contributed by atoms with Gasteiger partial charge in [0.1, 0.15) is 0 Å². The van der Waals surface area contributed by atoms with Gasteiger partial charge in [0.05, 0.1) is 6.10 Å².